The largest absolute Gasteiger partial charge is 0.497 e. The van der Waals surface area contributed by atoms with Gasteiger partial charge in [-0.2, -0.15) is 0 Å². The van der Waals surface area contributed by atoms with E-state index in [1.54, 1.807) is 13.2 Å². The number of benzene rings is 2. The Bertz CT molecular complexity index is 2020. The number of aromatic nitrogens is 1. The summed E-state index contributed by atoms with van der Waals surface area (Å²) in [4.78, 5) is 32.5. The lowest BCUT2D eigenvalue weighted by molar-refractivity contribution is -0.143. The average molecular weight is 685 g/mol. The van der Waals surface area contributed by atoms with Gasteiger partial charge in [-0.1, -0.05) is 38.2 Å². The first-order valence-corrected chi connectivity index (χ1v) is 19.5. The van der Waals surface area contributed by atoms with E-state index in [1.165, 1.54) is 24.8 Å². The zero-order valence-electron chi connectivity index (χ0n) is 28.2. The molecule has 2 aromatic carbocycles. The van der Waals surface area contributed by atoms with Gasteiger partial charge in [0.05, 0.1) is 35.7 Å². The third-order valence-electron chi connectivity index (χ3n) is 12.3. The normalized spacial score (nSPS) is 26.4. The molecule has 1 aromatic heterocycles. The Balaban J connectivity index is 1.21. The molecule has 3 saturated carbocycles. The maximum absolute atomic E-state index is 14.9. The first-order valence-electron chi connectivity index (χ1n) is 18.0. The second-order valence-corrected chi connectivity index (χ2v) is 17.1. The van der Waals surface area contributed by atoms with E-state index in [2.05, 4.69) is 26.3 Å². The van der Waals surface area contributed by atoms with Crippen LogP contribution in [0.4, 0.5) is 0 Å². The molecule has 1 N–H and O–H groups in total. The quantitative estimate of drug-likeness (QED) is 0.348. The minimum absolute atomic E-state index is 0.0137. The highest BCUT2D eigenvalue weighted by Crippen LogP contribution is 2.66. The monoisotopic (exact) mass is 684 g/mol. The maximum Gasteiger partial charge on any atom is 0.264 e. The fourth-order valence-corrected chi connectivity index (χ4v) is 11.1. The molecule has 0 spiro atoms. The third-order valence-corrected chi connectivity index (χ3v) is 14.2. The van der Waals surface area contributed by atoms with Crippen LogP contribution in [0, 0.1) is 5.41 Å². The molecule has 3 atom stereocenters. The van der Waals surface area contributed by atoms with Crippen molar-refractivity contribution in [3.63, 3.8) is 0 Å². The molecule has 4 aliphatic heterocycles. The lowest BCUT2D eigenvalue weighted by atomic mass is 9.81. The van der Waals surface area contributed by atoms with Crippen LogP contribution in [0.25, 0.3) is 22.2 Å². The third kappa shape index (κ3) is 4.81. The van der Waals surface area contributed by atoms with Crippen LogP contribution in [-0.2, 0) is 26.1 Å². The molecule has 5 heterocycles. The summed E-state index contributed by atoms with van der Waals surface area (Å²) in [6.07, 6.45) is 11.2. The topological polar surface area (TPSA) is 110 Å². The molecule has 4 fully saturated rings. The molecule has 258 valence electrons. The van der Waals surface area contributed by atoms with Gasteiger partial charge >= 0.3 is 0 Å². The number of amides is 2. The summed E-state index contributed by atoms with van der Waals surface area (Å²) < 4.78 is 42.6. The highest BCUT2D eigenvalue weighted by Gasteiger charge is 2.64. The number of hydrogen-bond donors (Lipinski definition) is 1. The molecule has 3 aliphatic carbocycles. The van der Waals surface area contributed by atoms with E-state index in [9.17, 15) is 18.0 Å². The number of carbonyl (C=O) groups excluding carboxylic acids is 2. The van der Waals surface area contributed by atoms with Gasteiger partial charge in [0.15, 0.2) is 0 Å². The van der Waals surface area contributed by atoms with Gasteiger partial charge in [-0.3, -0.25) is 9.59 Å². The highest BCUT2D eigenvalue weighted by atomic mass is 32.2. The standard InChI is InChI=1S/C38H44N4O6S/c1-40-19-25-21-48-33(40)20-41(25)37(44)38-18-31(38)30-17-26(47-2)13-15-28(30)35-34(23-8-4-3-5-9-23)29-14-12-24(16-32(29)42(35)22-38)36(43)39-49(45,46)27-10-6-7-11-27/h12-17,20,23,25,27,31H,3-11,18-19,21-22H2,1-2H3,(H,39,43)/t25-,31?,38?/m1/s1. The fourth-order valence-electron chi connectivity index (χ4n) is 9.65. The fraction of sp³-hybridized carbons (Fsp3) is 0.526. The van der Waals surface area contributed by atoms with E-state index in [4.69, 9.17) is 9.47 Å². The number of methoxy groups -OCH3 is 1. The van der Waals surface area contributed by atoms with Gasteiger partial charge in [-0.15, -0.1) is 0 Å². The molecule has 10 nitrogen and oxygen atoms in total. The number of nitrogens with zero attached hydrogens (tertiary/aromatic N) is 3. The van der Waals surface area contributed by atoms with Crippen molar-refractivity contribution >= 4 is 32.7 Å². The minimum Gasteiger partial charge on any atom is -0.497 e. The van der Waals surface area contributed by atoms with Crippen molar-refractivity contribution in [2.45, 2.75) is 93.9 Å². The van der Waals surface area contributed by atoms with Crippen molar-refractivity contribution in [3.05, 3.63) is 65.2 Å². The molecule has 2 bridgehead atoms. The number of fused-ring (bicyclic) bond motifs is 10. The van der Waals surface area contributed by atoms with E-state index < -0.39 is 26.6 Å². The van der Waals surface area contributed by atoms with Crippen LogP contribution in [0.15, 0.2) is 48.5 Å². The van der Waals surface area contributed by atoms with Gasteiger partial charge in [-0.25, -0.2) is 13.1 Å². The van der Waals surface area contributed by atoms with Crippen molar-refractivity contribution in [3.8, 4) is 17.0 Å². The van der Waals surface area contributed by atoms with E-state index in [-0.39, 0.29) is 17.9 Å². The number of sulfonamides is 1. The second kappa shape index (κ2) is 11.3. The number of likely N-dealkylation sites (N-methyl/N-ethyl adjacent to an activating group) is 1. The zero-order valence-corrected chi connectivity index (χ0v) is 29.1. The van der Waals surface area contributed by atoms with Crippen molar-refractivity contribution in [1.82, 2.24) is 19.1 Å². The zero-order chi connectivity index (χ0) is 33.7. The Morgan fingerprint density at radius 2 is 1.78 bits per heavy atom. The Labute approximate surface area is 287 Å². The summed E-state index contributed by atoms with van der Waals surface area (Å²) in [6.45, 7) is 1.69. The predicted molar refractivity (Wildman–Crippen MR) is 185 cm³/mol. The Morgan fingerprint density at radius 1 is 1.00 bits per heavy atom. The maximum atomic E-state index is 14.9. The Hall–Kier alpha value is -3.99. The molecule has 2 amide bonds. The summed E-state index contributed by atoms with van der Waals surface area (Å²) in [5.74, 6) is 1.36. The Kier molecular flexibility index (Phi) is 7.13. The van der Waals surface area contributed by atoms with Crippen LogP contribution in [0.1, 0.15) is 97.5 Å². The molecule has 3 aromatic rings. The van der Waals surface area contributed by atoms with Crippen LogP contribution in [0.3, 0.4) is 0 Å². The van der Waals surface area contributed by atoms with Gasteiger partial charge in [0, 0.05) is 48.1 Å². The molecule has 10 rings (SSSR count). The smallest absolute Gasteiger partial charge is 0.264 e. The number of hydrogen-bond acceptors (Lipinski definition) is 7. The number of carbonyl (C=O) groups is 2. The number of nitrogens with one attached hydrogen (secondary N) is 1. The summed E-state index contributed by atoms with van der Waals surface area (Å²) in [7, 11) is -0.102. The van der Waals surface area contributed by atoms with Crippen LogP contribution in [-0.4, -0.2) is 73.2 Å². The van der Waals surface area contributed by atoms with Gasteiger partial charge < -0.3 is 23.8 Å². The van der Waals surface area contributed by atoms with Gasteiger partial charge in [0.25, 0.3) is 5.91 Å². The molecular weight excluding hydrogens is 641 g/mol. The summed E-state index contributed by atoms with van der Waals surface area (Å²) >= 11 is 0. The minimum atomic E-state index is -3.77. The van der Waals surface area contributed by atoms with Gasteiger partial charge in [0.2, 0.25) is 21.8 Å². The van der Waals surface area contributed by atoms with Crippen molar-refractivity contribution in [2.75, 3.05) is 27.3 Å². The first kappa shape index (κ1) is 31.0. The van der Waals surface area contributed by atoms with Crippen LogP contribution in [0.2, 0.25) is 0 Å². The van der Waals surface area contributed by atoms with Gasteiger partial charge in [0.1, 0.15) is 12.4 Å². The molecule has 0 radical (unpaired) electrons. The SMILES string of the molecule is COc1ccc2c(c1)C1CC1(C(=O)N1C=C3OC[C@H]1CN3C)Cn1c-2c(C2CCCCC2)c2ccc(C(=O)NS(=O)(=O)C3CCCC3)cc21. The predicted octanol–water partition coefficient (Wildman–Crippen LogP) is 5.83. The van der Waals surface area contributed by atoms with E-state index in [1.807, 2.05) is 36.3 Å². The summed E-state index contributed by atoms with van der Waals surface area (Å²) in [5, 5.41) is 0.550. The van der Waals surface area contributed by atoms with E-state index in [0.717, 1.165) is 71.6 Å². The average Bonchev–Trinajstić information content (AvgIpc) is 3.43. The number of ether oxygens (including phenoxy) is 2. The highest BCUT2D eigenvalue weighted by molar-refractivity contribution is 7.90. The second-order valence-electron chi connectivity index (χ2n) is 15.2. The molecular formula is C38H44N4O6S. The Morgan fingerprint density at radius 3 is 2.49 bits per heavy atom. The molecule has 7 aliphatic rings. The van der Waals surface area contributed by atoms with E-state index >= 15 is 0 Å². The lowest BCUT2D eigenvalue weighted by Gasteiger charge is -2.44. The van der Waals surface area contributed by atoms with Crippen LogP contribution >= 0.6 is 0 Å². The van der Waals surface area contributed by atoms with Crippen molar-refractivity contribution < 1.29 is 27.5 Å². The molecule has 2 unspecified atom stereocenters. The van der Waals surface area contributed by atoms with Crippen molar-refractivity contribution in [2.24, 2.45) is 5.41 Å². The summed E-state index contributed by atoms with van der Waals surface area (Å²) in [5.41, 5.74) is 5.17. The van der Waals surface area contributed by atoms with Crippen molar-refractivity contribution in [1.29, 1.82) is 0 Å². The first-order chi connectivity index (χ1) is 23.7. The van der Waals surface area contributed by atoms with Crippen LogP contribution in [0.5, 0.6) is 5.75 Å². The molecule has 49 heavy (non-hydrogen) atoms. The van der Waals surface area contributed by atoms with E-state index in [0.29, 0.717) is 43.9 Å². The summed E-state index contributed by atoms with van der Waals surface area (Å²) in [6, 6.07) is 11.9. The lowest BCUT2D eigenvalue weighted by Crippen LogP contribution is -2.56. The molecule has 11 heteroatoms. The van der Waals surface area contributed by atoms with Gasteiger partial charge in [-0.05, 0) is 79.5 Å². The van der Waals surface area contributed by atoms with Crippen LogP contribution < -0.4 is 9.46 Å². The molecule has 1 saturated heterocycles. The number of rotatable bonds is 6.